The van der Waals surface area contributed by atoms with E-state index in [1.54, 1.807) is 7.11 Å². The number of ether oxygens (including phenoxy) is 1. The number of carbonyl (C=O) groups is 1. The topological polar surface area (TPSA) is 61.8 Å². The van der Waals surface area contributed by atoms with Crippen LogP contribution in [0.4, 0.5) is 5.69 Å². The molecule has 1 aromatic carbocycles. The van der Waals surface area contributed by atoms with E-state index in [9.17, 15) is 4.79 Å². The highest BCUT2D eigenvalue weighted by atomic mass is 16.5. The summed E-state index contributed by atoms with van der Waals surface area (Å²) in [4.78, 5) is 14.2. The number of aliphatic hydroxyl groups is 1. The second-order valence-electron chi connectivity index (χ2n) is 5.39. The minimum Gasteiger partial charge on any atom is -0.495 e. The third kappa shape index (κ3) is 5.73. The number of anilines is 1. The molecule has 1 amide bonds. The number of methoxy groups -OCH3 is 1. The van der Waals surface area contributed by atoms with Crippen LogP contribution in [0.5, 0.6) is 5.75 Å². The first-order chi connectivity index (χ1) is 9.97. The van der Waals surface area contributed by atoms with Crippen molar-refractivity contribution in [1.29, 1.82) is 0 Å². The van der Waals surface area contributed by atoms with Crippen molar-refractivity contribution in [1.82, 2.24) is 4.90 Å². The van der Waals surface area contributed by atoms with Crippen molar-refractivity contribution >= 4 is 11.6 Å². The van der Waals surface area contributed by atoms with E-state index < -0.39 is 0 Å². The molecule has 0 spiro atoms. The van der Waals surface area contributed by atoms with E-state index in [0.717, 1.165) is 5.56 Å². The minimum absolute atomic E-state index is 0.0782. The monoisotopic (exact) mass is 294 g/mol. The molecule has 118 valence electrons. The number of nitrogens with zero attached hydrogens (tertiary/aromatic N) is 1. The summed E-state index contributed by atoms with van der Waals surface area (Å²) < 4.78 is 5.26. The van der Waals surface area contributed by atoms with E-state index in [4.69, 9.17) is 9.84 Å². The van der Waals surface area contributed by atoms with Crippen molar-refractivity contribution in [2.45, 2.75) is 33.2 Å². The van der Waals surface area contributed by atoms with Crippen LogP contribution in [0.25, 0.3) is 0 Å². The number of hydrogen-bond donors (Lipinski definition) is 2. The van der Waals surface area contributed by atoms with E-state index in [0.29, 0.717) is 30.9 Å². The molecule has 0 aromatic heterocycles. The third-order valence-electron chi connectivity index (χ3n) is 3.31. The lowest BCUT2D eigenvalue weighted by molar-refractivity contribution is -0.117. The number of amides is 1. The van der Waals surface area contributed by atoms with Crippen LogP contribution in [-0.2, 0) is 4.79 Å². The number of rotatable bonds is 8. The SMILES string of the molecule is COc1ccc(C)cc1NC(=O)CN(CCCO)C(C)C. The Morgan fingerprint density at radius 3 is 2.71 bits per heavy atom. The van der Waals surface area contributed by atoms with Crippen molar-refractivity contribution < 1.29 is 14.6 Å². The molecule has 2 N–H and O–H groups in total. The van der Waals surface area contributed by atoms with Crippen LogP contribution in [0.1, 0.15) is 25.8 Å². The highest BCUT2D eigenvalue weighted by Gasteiger charge is 2.15. The van der Waals surface area contributed by atoms with E-state index in [2.05, 4.69) is 5.32 Å². The highest BCUT2D eigenvalue weighted by molar-refractivity contribution is 5.93. The molecular formula is C16H26N2O3. The van der Waals surface area contributed by atoms with Crippen LogP contribution in [-0.4, -0.2) is 48.8 Å². The van der Waals surface area contributed by atoms with Gasteiger partial charge in [0, 0.05) is 19.2 Å². The van der Waals surface area contributed by atoms with Crippen LogP contribution < -0.4 is 10.1 Å². The summed E-state index contributed by atoms with van der Waals surface area (Å²) >= 11 is 0. The Labute approximate surface area is 126 Å². The van der Waals surface area contributed by atoms with Crippen LogP contribution in [0.15, 0.2) is 18.2 Å². The normalized spacial score (nSPS) is 11.0. The Hall–Kier alpha value is -1.59. The molecule has 0 aliphatic carbocycles. The quantitative estimate of drug-likeness (QED) is 0.770. The number of aliphatic hydroxyl groups excluding tert-OH is 1. The fourth-order valence-electron chi connectivity index (χ4n) is 2.09. The lowest BCUT2D eigenvalue weighted by Gasteiger charge is -2.25. The number of carbonyl (C=O) groups excluding carboxylic acids is 1. The van der Waals surface area contributed by atoms with Crippen molar-refractivity contribution in [3.8, 4) is 5.75 Å². The summed E-state index contributed by atoms with van der Waals surface area (Å²) in [7, 11) is 1.59. The first-order valence-electron chi connectivity index (χ1n) is 7.27. The number of nitrogens with one attached hydrogen (secondary N) is 1. The lowest BCUT2D eigenvalue weighted by Crippen LogP contribution is -2.39. The Balaban J connectivity index is 2.69. The van der Waals surface area contributed by atoms with Crippen molar-refractivity contribution in [2.75, 3.05) is 32.1 Å². The number of benzene rings is 1. The van der Waals surface area contributed by atoms with Crippen LogP contribution >= 0.6 is 0 Å². The molecule has 0 bridgehead atoms. The van der Waals surface area contributed by atoms with E-state index >= 15 is 0 Å². The largest absolute Gasteiger partial charge is 0.495 e. The van der Waals surface area contributed by atoms with Gasteiger partial charge in [-0.3, -0.25) is 9.69 Å². The molecule has 0 heterocycles. The van der Waals surface area contributed by atoms with Crippen molar-refractivity contribution in [3.05, 3.63) is 23.8 Å². The van der Waals surface area contributed by atoms with E-state index in [1.165, 1.54) is 0 Å². The standard InChI is InChI=1S/C16H26N2O3/c1-12(2)18(8-5-9-19)11-16(20)17-14-10-13(3)6-7-15(14)21-4/h6-7,10,12,19H,5,8-9,11H2,1-4H3,(H,17,20). The molecule has 1 aromatic rings. The maximum atomic E-state index is 12.2. The van der Waals surface area contributed by atoms with Gasteiger partial charge in [0.15, 0.2) is 0 Å². The Kier molecular flexibility index (Phi) is 7.19. The smallest absolute Gasteiger partial charge is 0.238 e. The summed E-state index contributed by atoms with van der Waals surface area (Å²) in [6, 6.07) is 5.93. The van der Waals surface area contributed by atoms with Crippen LogP contribution in [0, 0.1) is 6.92 Å². The molecule has 0 saturated carbocycles. The minimum atomic E-state index is -0.0782. The van der Waals surface area contributed by atoms with Gasteiger partial charge in [-0.2, -0.15) is 0 Å². The van der Waals surface area contributed by atoms with Gasteiger partial charge in [0.25, 0.3) is 0 Å². The highest BCUT2D eigenvalue weighted by Crippen LogP contribution is 2.25. The molecule has 5 nitrogen and oxygen atoms in total. The van der Waals surface area contributed by atoms with Crippen LogP contribution in [0.3, 0.4) is 0 Å². The average molecular weight is 294 g/mol. The zero-order valence-electron chi connectivity index (χ0n) is 13.3. The second-order valence-corrected chi connectivity index (χ2v) is 5.39. The Morgan fingerprint density at radius 2 is 2.14 bits per heavy atom. The van der Waals surface area contributed by atoms with E-state index in [1.807, 2.05) is 43.9 Å². The third-order valence-corrected chi connectivity index (χ3v) is 3.31. The van der Waals surface area contributed by atoms with Gasteiger partial charge in [-0.25, -0.2) is 0 Å². The zero-order valence-corrected chi connectivity index (χ0v) is 13.3. The Bertz CT molecular complexity index is 461. The molecule has 0 unspecified atom stereocenters. The van der Waals surface area contributed by atoms with Gasteiger partial charge >= 0.3 is 0 Å². The molecule has 0 aliphatic rings. The predicted molar refractivity (Wildman–Crippen MR) is 84.8 cm³/mol. The number of aryl methyl sites for hydroxylation is 1. The maximum Gasteiger partial charge on any atom is 0.238 e. The maximum absolute atomic E-state index is 12.2. The van der Waals surface area contributed by atoms with Gasteiger partial charge < -0.3 is 15.2 Å². The van der Waals surface area contributed by atoms with Gasteiger partial charge in [-0.15, -0.1) is 0 Å². The summed E-state index contributed by atoms with van der Waals surface area (Å²) in [6.45, 7) is 7.18. The predicted octanol–water partition coefficient (Wildman–Crippen LogP) is 2.03. The fourth-order valence-corrected chi connectivity index (χ4v) is 2.09. The second kappa shape index (κ2) is 8.64. The molecule has 0 radical (unpaired) electrons. The van der Waals surface area contributed by atoms with Gasteiger partial charge in [0.1, 0.15) is 5.75 Å². The molecular weight excluding hydrogens is 268 g/mol. The first-order valence-corrected chi connectivity index (χ1v) is 7.27. The zero-order chi connectivity index (χ0) is 15.8. The summed E-state index contributed by atoms with van der Waals surface area (Å²) in [5.74, 6) is 0.575. The molecule has 0 atom stereocenters. The lowest BCUT2D eigenvalue weighted by atomic mass is 10.2. The van der Waals surface area contributed by atoms with Crippen LogP contribution in [0.2, 0.25) is 0 Å². The van der Waals surface area contributed by atoms with E-state index in [-0.39, 0.29) is 18.6 Å². The molecule has 21 heavy (non-hydrogen) atoms. The fraction of sp³-hybridized carbons (Fsp3) is 0.562. The molecule has 0 saturated heterocycles. The van der Waals surface area contributed by atoms with Gasteiger partial charge in [-0.05, 0) is 44.9 Å². The molecule has 0 aliphatic heterocycles. The van der Waals surface area contributed by atoms with Gasteiger partial charge in [-0.1, -0.05) is 6.07 Å². The molecule has 5 heteroatoms. The first kappa shape index (κ1) is 17.5. The Morgan fingerprint density at radius 1 is 1.43 bits per heavy atom. The molecule has 0 fully saturated rings. The number of hydrogen-bond acceptors (Lipinski definition) is 4. The van der Waals surface area contributed by atoms with Gasteiger partial charge in [0.2, 0.25) is 5.91 Å². The van der Waals surface area contributed by atoms with Gasteiger partial charge in [0.05, 0.1) is 19.3 Å². The summed E-state index contributed by atoms with van der Waals surface area (Å²) in [5, 5.41) is 11.8. The molecule has 1 rings (SSSR count). The summed E-state index contributed by atoms with van der Waals surface area (Å²) in [5.41, 5.74) is 1.75. The average Bonchev–Trinajstić information content (AvgIpc) is 2.43. The summed E-state index contributed by atoms with van der Waals surface area (Å²) in [6.07, 6.45) is 0.666. The van der Waals surface area contributed by atoms with Crippen molar-refractivity contribution in [3.63, 3.8) is 0 Å². The van der Waals surface area contributed by atoms with Crippen molar-refractivity contribution in [2.24, 2.45) is 0 Å².